The van der Waals surface area contributed by atoms with Gasteiger partial charge in [0.25, 0.3) is 0 Å². The van der Waals surface area contributed by atoms with E-state index >= 15 is 0 Å². The molecule has 1 aliphatic rings. The first-order valence-electron chi connectivity index (χ1n) is 9.62. The molecule has 0 aromatic heterocycles. The standard InChI is InChI=1S/C24H25NO/c26-23(17-21-15-8-14-18-9-6-7-16-22(18)21)25-24(20-12-4-5-13-20)19-10-2-1-3-11-19/h1-3,6-11,14-16,20,24H,4-5,12-13,17H2,(H,25,26)/t24-/m0/s1. The van der Waals surface area contributed by atoms with Gasteiger partial charge in [0, 0.05) is 0 Å². The highest BCUT2D eigenvalue weighted by molar-refractivity contribution is 5.90. The highest BCUT2D eigenvalue weighted by Gasteiger charge is 2.27. The van der Waals surface area contributed by atoms with Crippen molar-refractivity contribution in [2.75, 3.05) is 0 Å². The summed E-state index contributed by atoms with van der Waals surface area (Å²) in [5.74, 6) is 0.663. The van der Waals surface area contributed by atoms with E-state index in [1.165, 1.54) is 42.0 Å². The Bertz CT molecular complexity index is 876. The smallest absolute Gasteiger partial charge is 0.224 e. The molecule has 132 valence electrons. The minimum absolute atomic E-state index is 0.113. The fourth-order valence-electron chi connectivity index (χ4n) is 4.27. The second-order valence-corrected chi connectivity index (χ2v) is 7.32. The van der Waals surface area contributed by atoms with Crippen LogP contribution in [0.5, 0.6) is 0 Å². The molecule has 3 aromatic carbocycles. The van der Waals surface area contributed by atoms with E-state index < -0.39 is 0 Å². The summed E-state index contributed by atoms with van der Waals surface area (Å²) in [5.41, 5.74) is 2.32. The van der Waals surface area contributed by atoms with Crippen LogP contribution in [0.25, 0.3) is 10.8 Å². The van der Waals surface area contributed by atoms with Crippen LogP contribution in [-0.4, -0.2) is 5.91 Å². The highest BCUT2D eigenvalue weighted by Crippen LogP contribution is 2.35. The van der Waals surface area contributed by atoms with Crippen molar-refractivity contribution in [1.82, 2.24) is 5.32 Å². The maximum absolute atomic E-state index is 12.9. The van der Waals surface area contributed by atoms with Gasteiger partial charge in [-0.3, -0.25) is 4.79 Å². The first kappa shape index (κ1) is 16.8. The molecule has 1 saturated carbocycles. The predicted molar refractivity (Wildman–Crippen MR) is 107 cm³/mol. The summed E-state index contributed by atoms with van der Waals surface area (Å²) in [6.45, 7) is 0. The number of nitrogens with one attached hydrogen (secondary N) is 1. The van der Waals surface area contributed by atoms with Crippen molar-refractivity contribution in [2.24, 2.45) is 5.92 Å². The van der Waals surface area contributed by atoms with Crippen LogP contribution < -0.4 is 5.32 Å². The third kappa shape index (κ3) is 3.65. The van der Waals surface area contributed by atoms with Crippen LogP contribution in [0.1, 0.15) is 42.9 Å². The molecule has 2 heteroatoms. The average molecular weight is 343 g/mol. The van der Waals surface area contributed by atoms with Gasteiger partial charge in [-0.1, -0.05) is 85.6 Å². The molecule has 0 unspecified atom stereocenters. The van der Waals surface area contributed by atoms with Crippen LogP contribution >= 0.6 is 0 Å². The van der Waals surface area contributed by atoms with E-state index in [0.717, 1.165) is 5.56 Å². The van der Waals surface area contributed by atoms with Crippen LogP contribution in [0.4, 0.5) is 0 Å². The summed E-state index contributed by atoms with van der Waals surface area (Å²) in [5, 5.41) is 5.71. The fraction of sp³-hybridized carbons (Fsp3) is 0.292. The third-order valence-corrected chi connectivity index (χ3v) is 5.58. The zero-order valence-electron chi connectivity index (χ0n) is 15.0. The summed E-state index contributed by atoms with van der Waals surface area (Å²) in [6.07, 6.45) is 5.38. The molecule has 1 fully saturated rings. The van der Waals surface area contributed by atoms with Crippen LogP contribution in [0.3, 0.4) is 0 Å². The zero-order valence-corrected chi connectivity index (χ0v) is 15.0. The number of rotatable bonds is 5. The van der Waals surface area contributed by atoms with E-state index in [1.807, 2.05) is 24.3 Å². The van der Waals surface area contributed by atoms with Gasteiger partial charge in [-0.15, -0.1) is 0 Å². The van der Waals surface area contributed by atoms with Crippen molar-refractivity contribution in [3.8, 4) is 0 Å². The van der Waals surface area contributed by atoms with E-state index in [-0.39, 0.29) is 11.9 Å². The van der Waals surface area contributed by atoms with Crippen LogP contribution in [0.15, 0.2) is 72.8 Å². The molecule has 0 saturated heterocycles. The molecule has 0 radical (unpaired) electrons. The number of benzene rings is 3. The molecule has 4 rings (SSSR count). The maximum atomic E-state index is 12.9. The normalized spacial score (nSPS) is 15.8. The number of hydrogen-bond donors (Lipinski definition) is 1. The van der Waals surface area contributed by atoms with E-state index in [2.05, 4.69) is 53.8 Å². The van der Waals surface area contributed by atoms with Crippen molar-refractivity contribution in [3.05, 3.63) is 83.9 Å². The molecule has 1 aliphatic carbocycles. The lowest BCUT2D eigenvalue weighted by atomic mass is 9.91. The first-order valence-corrected chi connectivity index (χ1v) is 9.62. The Morgan fingerprint density at radius 1 is 0.885 bits per heavy atom. The quantitative estimate of drug-likeness (QED) is 0.657. The van der Waals surface area contributed by atoms with Crippen LogP contribution in [0.2, 0.25) is 0 Å². The Labute approximate surface area is 155 Å². The largest absolute Gasteiger partial charge is 0.349 e. The van der Waals surface area contributed by atoms with Gasteiger partial charge in [-0.05, 0) is 40.7 Å². The Kier molecular flexibility index (Phi) is 5.01. The minimum atomic E-state index is 0.113. The maximum Gasteiger partial charge on any atom is 0.224 e. The van der Waals surface area contributed by atoms with Gasteiger partial charge in [-0.25, -0.2) is 0 Å². The molecule has 2 nitrogen and oxygen atoms in total. The van der Waals surface area contributed by atoms with Gasteiger partial charge in [0.05, 0.1) is 12.5 Å². The van der Waals surface area contributed by atoms with Crippen molar-refractivity contribution in [3.63, 3.8) is 0 Å². The van der Waals surface area contributed by atoms with Gasteiger partial charge in [0.2, 0.25) is 5.91 Å². The summed E-state index contributed by atoms with van der Waals surface area (Å²) in [6, 6.07) is 25.0. The lowest BCUT2D eigenvalue weighted by Gasteiger charge is -2.25. The first-order chi connectivity index (χ1) is 12.8. The fourth-order valence-corrected chi connectivity index (χ4v) is 4.27. The SMILES string of the molecule is O=C(Cc1cccc2ccccc12)N[C@@H](c1ccccc1)C1CCCC1. The van der Waals surface area contributed by atoms with Crippen molar-refractivity contribution in [1.29, 1.82) is 0 Å². The van der Waals surface area contributed by atoms with Gasteiger partial charge >= 0.3 is 0 Å². The average Bonchev–Trinajstić information content (AvgIpc) is 3.22. The molecular formula is C24H25NO. The number of hydrogen-bond acceptors (Lipinski definition) is 1. The summed E-state index contributed by atoms with van der Waals surface area (Å²) >= 11 is 0. The van der Waals surface area contributed by atoms with Crippen LogP contribution in [0, 0.1) is 5.92 Å². The summed E-state index contributed by atoms with van der Waals surface area (Å²) < 4.78 is 0. The lowest BCUT2D eigenvalue weighted by molar-refractivity contribution is -0.121. The van der Waals surface area contributed by atoms with E-state index in [0.29, 0.717) is 12.3 Å². The Morgan fingerprint density at radius 2 is 1.58 bits per heavy atom. The molecule has 0 aliphatic heterocycles. The third-order valence-electron chi connectivity index (χ3n) is 5.58. The number of carbonyl (C=O) groups excluding carboxylic acids is 1. The number of carbonyl (C=O) groups is 1. The van der Waals surface area contributed by atoms with Gasteiger partial charge in [0.15, 0.2) is 0 Å². The second-order valence-electron chi connectivity index (χ2n) is 7.32. The molecule has 3 aromatic rings. The van der Waals surface area contributed by atoms with Gasteiger partial charge < -0.3 is 5.32 Å². The molecule has 1 N–H and O–H groups in total. The van der Waals surface area contributed by atoms with Crippen molar-refractivity contribution in [2.45, 2.75) is 38.1 Å². The summed E-state index contributed by atoms with van der Waals surface area (Å²) in [4.78, 5) is 12.9. The Morgan fingerprint density at radius 3 is 2.38 bits per heavy atom. The molecule has 0 spiro atoms. The molecule has 0 bridgehead atoms. The van der Waals surface area contributed by atoms with E-state index in [4.69, 9.17) is 0 Å². The monoisotopic (exact) mass is 343 g/mol. The molecular weight excluding hydrogens is 318 g/mol. The molecule has 1 atom stereocenters. The predicted octanol–water partition coefficient (Wildman–Crippen LogP) is 5.43. The van der Waals surface area contributed by atoms with Crippen molar-refractivity contribution >= 4 is 16.7 Å². The molecule has 1 amide bonds. The van der Waals surface area contributed by atoms with Crippen LogP contribution in [-0.2, 0) is 11.2 Å². The Balaban J connectivity index is 1.54. The second kappa shape index (κ2) is 7.74. The van der Waals surface area contributed by atoms with Gasteiger partial charge in [0.1, 0.15) is 0 Å². The van der Waals surface area contributed by atoms with Crippen molar-refractivity contribution < 1.29 is 4.79 Å². The molecule has 26 heavy (non-hydrogen) atoms. The number of fused-ring (bicyclic) bond motifs is 1. The lowest BCUT2D eigenvalue weighted by Crippen LogP contribution is -2.33. The number of amides is 1. The van der Waals surface area contributed by atoms with Gasteiger partial charge in [-0.2, -0.15) is 0 Å². The molecule has 0 heterocycles. The minimum Gasteiger partial charge on any atom is -0.349 e. The Hall–Kier alpha value is -2.61. The van der Waals surface area contributed by atoms with E-state index in [1.54, 1.807) is 0 Å². The zero-order chi connectivity index (χ0) is 17.8. The highest BCUT2D eigenvalue weighted by atomic mass is 16.1. The topological polar surface area (TPSA) is 29.1 Å². The van der Waals surface area contributed by atoms with E-state index in [9.17, 15) is 4.79 Å². The summed E-state index contributed by atoms with van der Waals surface area (Å²) in [7, 11) is 0.